The minimum absolute atomic E-state index is 0.0302. The van der Waals surface area contributed by atoms with Crippen molar-refractivity contribution >= 4 is 22.8 Å². The Hall–Kier alpha value is -3.25. The number of rotatable bonds is 6. The molecule has 9 heteroatoms. The van der Waals surface area contributed by atoms with Gasteiger partial charge in [-0.05, 0) is 38.5 Å². The molecular formula is C23H21F2N5OS. The number of ketones is 1. The van der Waals surface area contributed by atoms with Crippen molar-refractivity contribution in [3.63, 3.8) is 0 Å². The highest BCUT2D eigenvalue weighted by Gasteiger charge is 2.32. The van der Waals surface area contributed by atoms with Crippen molar-refractivity contribution in [2.75, 3.05) is 0 Å². The first kappa shape index (κ1) is 22.0. The normalized spacial score (nSPS) is 15.0. The molecule has 0 fully saturated rings. The van der Waals surface area contributed by atoms with Crippen LogP contribution in [0.4, 0.5) is 8.78 Å². The summed E-state index contributed by atoms with van der Waals surface area (Å²) in [4.78, 5) is 18.6. The molecule has 0 saturated heterocycles. The number of benzene rings is 1. The summed E-state index contributed by atoms with van der Waals surface area (Å²) in [5.74, 6) is 0.909. The molecule has 6 nitrogen and oxygen atoms in total. The lowest BCUT2D eigenvalue weighted by molar-refractivity contribution is -0.120. The standard InChI is InChI=1S/C23H21F2N5OS/c1-12-13(2)32-23-20(12)21(16-6-4-15(11-26)5-7-16)27-18(10-17(31)8-9-19(24)25)22-29-28-14(3)30(22)23/h4-7,18-19H,8-10H2,1-3H3/t18-/m0/s1. The van der Waals surface area contributed by atoms with E-state index in [0.717, 1.165) is 26.6 Å². The Kier molecular flexibility index (Phi) is 5.98. The van der Waals surface area contributed by atoms with Gasteiger partial charge < -0.3 is 0 Å². The van der Waals surface area contributed by atoms with E-state index in [1.165, 1.54) is 0 Å². The first-order valence-corrected chi connectivity index (χ1v) is 11.0. The molecule has 3 aromatic rings. The third-order valence-electron chi connectivity index (χ3n) is 5.59. The van der Waals surface area contributed by atoms with Crippen LogP contribution in [0.1, 0.15) is 64.1 Å². The van der Waals surface area contributed by atoms with Crippen LogP contribution in [0.5, 0.6) is 0 Å². The van der Waals surface area contributed by atoms with Gasteiger partial charge in [0.25, 0.3) is 0 Å². The minimum atomic E-state index is -2.52. The van der Waals surface area contributed by atoms with Gasteiger partial charge in [-0.3, -0.25) is 14.4 Å². The number of alkyl halides is 2. The van der Waals surface area contributed by atoms with Gasteiger partial charge in [-0.15, -0.1) is 21.5 Å². The van der Waals surface area contributed by atoms with E-state index < -0.39 is 18.9 Å². The molecule has 164 valence electrons. The highest BCUT2D eigenvalue weighted by Crippen LogP contribution is 2.39. The Morgan fingerprint density at radius 1 is 1.22 bits per heavy atom. The summed E-state index contributed by atoms with van der Waals surface area (Å²) < 4.78 is 27.2. The molecule has 0 amide bonds. The van der Waals surface area contributed by atoms with Gasteiger partial charge in [0.05, 0.1) is 17.3 Å². The Morgan fingerprint density at radius 3 is 2.59 bits per heavy atom. The van der Waals surface area contributed by atoms with Crippen molar-refractivity contribution in [3.8, 4) is 11.1 Å². The average molecular weight is 454 g/mol. The van der Waals surface area contributed by atoms with Crippen molar-refractivity contribution < 1.29 is 13.6 Å². The minimum Gasteiger partial charge on any atom is -0.300 e. The van der Waals surface area contributed by atoms with E-state index in [1.807, 2.05) is 37.5 Å². The SMILES string of the molecule is Cc1sc2c(c1C)C(c1ccc(C#N)cc1)=N[C@@H](CC(=O)CCC(F)F)c1nnc(C)n1-2. The van der Waals surface area contributed by atoms with E-state index in [4.69, 9.17) is 10.3 Å². The van der Waals surface area contributed by atoms with E-state index in [-0.39, 0.29) is 18.6 Å². The number of hydrogen-bond acceptors (Lipinski definition) is 6. The fourth-order valence-electron chi connectivity index (χ4n) is 3.82. The number of fused-ring (bicyclic) bond motifs is 3. The van der Waals surface area contributed by atoms with Crippen LogP contribution in [0.25, 0.3) is 5.00 Å². The Labute approximate surface area is 188 Å². The predicted octanol–water partition coefficient (Wildman–Crippen LogP) is 5.02. The summed E-state index contributed by atoms with van der Waals surface area (Å²) in [6.45, 7) is 5.90. The molecule has 0 aliphatic carbocycles. The number of carbonyl (C=O) groups is 1. The highest BCUT2D eigenvalue weighted by molar-refractivity contribution is 7.15. The molecule has 0 N–H and O–H groups in total. The van der Waals surface area contributed by atoms with Crippen molar-refractivity contribution in [3.05, 3.63) is 63.0 Å². The molecule has 0 saturated carbocycles. The maximum atomic E-state index is 12.6. The van der Waals surface area contributed by atoms with Crippen LogP contribution in [-0.4, -0.2) is 32.7 Å². The van der Waals surface area contributed by atoms with Gasteiger partial charge in [-0.2, -0.15) is 5.26 Å². The zero-order valence-corrected chi connectivity index (χ0v) is 18.7. The first-order valence-electron chi connectivity index (χ1n) is 10.2. The summed E-state index contributed by atoms with van der Waals surface area (Å²) in [7, 11) is 0. The molecule has 1 aromatic carbocycles. The van der Waals surface area contributed by atoms with E-state index in [0.29, 0.717) is 22.9 Å². The van der Waals surface area contributed by atoms with Crippen LogP contribution < -0.4 is 0 Å². The zero-order valence-electron chi connectivity index (χ0n) is 17.9. The molecule has 1 atom stereocenters. The highest BCUT2D eigenvalue weighted by atomic mass is 32.1. The maximum Gasteiger partial charge on any atom is 0.239 e. The fraction of sp³-hybridized carbons (Fsp3) is 0.348. The summed E-state index contributed by atoms with van der Waals surface area (Å²) in [6, 6.07) is 8.59. The second kappa shape index (κ2) is 8.71. The number of aryl methyl sites for hydroxylation is 2. The summed E-state index contributed by atoms with van der Waals surface area (Å²) in [5.41, 5.74) is 4.05. The molecule has 1 aliphatic rings. The molecule has 0 radical (unpaired) electrons. The Balaban J connectivity index is 1.87. The molecule has 32 heavy (non-hydrogen) atoms. The summed E-state index contributed by atoms with van der Waals surface area (Å²) >= 11 is 1.60. The van der Waals surface area contributed by atoms with Crippen LogP contribution in [0.3, 0.4) is 0 Å². The quantitative estimate of drug-likeness (QED) is 0.524. The Bertz CT molecular complexity index is 1250. The number of aromatic nitrogens is 3. The number of thiophene rings is 1. The van der Waals surface area contributed by atoms with Gasteiger partial charge in [-0.25, -0.2) is 8.78 Å². The molecule has 2 aromatic heterocycles. The second-order valence-corrected chi connectivity index (χ2v) is 8.96. The second-order valence-electron chi connectivity index (χ2n) is 7.76. The first-order chi connectivity index (χ1) is 15.3. The van der Waals surface area contributed by atoms with Crippen LogP contribution in [0, 0.1) is 32.1 Å². The van der Waals surface area contributed by atoms with Crippen LogP contribution in [0.15, 0.2) is 29.3 Å². The number of Topliss-reactive ketones (excluding diaryl/α,β-unsaturated/α-hetero) is 1. The van der Waals surface area contributed by atoms with Crippen molar-refractivity contribution in [2.45, 2.75) is 52.5 Å². The monoisotopic (exact) mass is 453 g/mol. The number of aliphatic imine (C=N–C) groups is 1. The molecule has 3 heterocycles. The van der Waals surface area contributed by atoms with Crippen LogP contribution >= 0.6 is 11.3 Å². The zero-order chi connectivity index (χ0) is 23.0. The predicted molar refractivity (Wildman–Crippen MR) is 118 cm³/mol. The lowest BCUT2D eigenvalue weighted by Crippen LogP contribution is -2.12. The average Bonchev–Trinajstić information content (AvgIpc) is 3.24. The van der Waals surface area contributed by atoms with Gasteiger partial charge in [0.2, 0.25) is 6.43 Å². The van der Waals surface area contributed by atoms with Crippen molar-refractivity contribution in [2.24, 2.45) is 4.99 Å². The smallest absolute Gasteiger partial charge is 0.239 e. The molecule has 0 unspecified atom stereocenters. The van der Waals surface area contributed by atoms with E-state index in [9.17, 15) is 13.6 Å². The lowest BCUT2D eigenvalue weighted by atomic mass is 9.98. The van der Waals surface area contributed by atoms with E-state index in [2.05, 4.69) is 16.3 Å². The third kappa shape index (κ3) is 3.98. The van der Waals surface area contributed by atoms with Gasteiger partial charge in [-0.1, -0.05) is 12.1 Å². The summed E-state index contributed by atoms with van der Waals surface area (Å²) in [6.07, 6.45) is -3.22. The lowest BCUT2D eigenvalue weighted by Gasteiger charge is -2.12. The summed E-state index contributed by atoms with van der Waals surface area (Å²) in [5, 5.41) is 18.6. The van der Waals surface area contributed by atoms with E-state index in [1.54, 1.807) is 23.5 Å². The molecule has 1 aliphatic heterocycles. The van der Waals surface area contributed by atoms with E-state index >= 15 is 0 Å². The topological polar surface area (TPSA) is 83.9 Å². The fourth-order valence-corrected chi connectivity index (χ4v) is 5.03. The van der Waals surface area contributed by atoms with Crippen molar-refractivity contribution in [1.29, 1.82) is 5.26 Å². The molecule has 4 rings (SSSR count). The van der Waals surface area contributed by atoms with Gasteiger partial charge >= 0.3 is 0 Å². The maximum absolute atomic E-state index is 12.6. The molecule has 0 spiro atoms. The largest absolute Gasteiger partial charge is 0.300 e. The van der Waals surface area contributed by atoms with Gasteiger partial charge in [0, 0.05) is 35.3 Å². The third-order valence-corrected chi connectivity index (χ3v) is 6.78. The van der Waals surface area contributed by atoms with Gasteiger partial charge in [0.15, 0.2) is 5.82 Å². The Morgan fingerprint density at radius 2 is 1.94 bits per heavy atom. The van der Waals surface area contributed by atoms with Crippen LogP contribution in [-0.2, 0) is 4.79 Å². The number of halogens is 2. The number of hydrogen-bond donors (Lipinski definition) is 0. The van der Waals surface area contributed by atoms with Crippen LogP contribution in [0.2, 0.25) is 0 Å². The van der Waals surface area contributed by atoms with Gasteiger partial charge in [0.1, 0.15) is 22.7 Å². The van der Waals surface area contributed by atoms with Crippen molar-refractivity contribution in [1.82, 2.24) is 14.8 Å². The number of nitrogens with zero attached hydrogens (tertiary/aromatic N) is 5. The molecule has 0 bridgehead atoms. The molecular weight excluding hydrogens is 432 g/mol. The number of nitriles is 1. The number of carbonyl (C=O) groups excluding carboxylic acids is 1.